The number of nitrogens with one attached hydrogen (secondary N) is 1. The van der Waals surface area contributed by atoms with Gasteiger partial charge in [-0.05, 0) is 73.6 Å². The van der Waals surface area contributed by atoms with E-state index in [9.17, 15) is 19.2 Å². The van der Waals surface area contributed by atoms with E-state index in [0.717, 1.165) is 17.5 Å². The van der Waals surface area contributed by atoms with Gasteiger partial charge in [-0.2, -0.15) is 0 Å². The lowest BCUT2D eigenvalue weighted by Gasteiger charge is -2.18. The molecule has 1 N–H and O–H groups in total. The summed E-state index contributed by atoms with van der Waals surface area (Å²) >= 11 is 0. The minimum atomic E-state index is -0.701. The third kappa shape index (κ3) is 3.73. The Morgan fingerprint density at radius 1 is 0.970 bits per heavy atom. The molecule has 1 aliphatic heterocycles. The summed E-state index contributed by atoms with van der Waals surface area (Å²) in [5.41, 5.74) is 3.19. The maximum Gasteiger partial charge on any atom is 0.338 e. The molecule has 3 aliphatic rings. The topological polar surface area (TPSA) is 92.8 Å². The number of amides is 3. The molecular formula is C26H24N2O5. The lowest BCUT2D eigenvalue weighted by molar-refractivity contribution is -0.123. The van der Waals surface area contributed by atoms with E-state index in [0.29, 0.717) is 11.4 Å². The molecule has 2 aromatic carbocycles. The van der Waals surface area contributed by atoms with Crippen LogP contribution in [0.3, 0.4) is 0 Å². The number of aryl methyl sites for hydroxylation is 2. The van der Waals surface area contributed by atoms with Gasteiger partial charge in [-0.1, -0.05) is 24.3 Å². The lowest BCUT2D eigenvalue weighted by atomic mass is 9.85. The fraction of sp³-hybridized carbons (Fsp3) is 0.308. The summed E-state index contributed by atoms with van der Waals surface area (Å²) < 4.78 is 5.16. The summed E-state index contributed by atoms with van der Waals surface area (Å²) in [6.07, 6.45) is 4.94. The number of allylic oxidation sites excluding steroid dienone is 2. The highest BCUT2D eigenvalue weighted by Gasteiger charge is 2.59. The highest BCUT2D eigenvalue weighted by Crippen LogP contribution is 2.53. The second kappa shape index (κ2) is 7.99. The van der Waals surface area contributed by atoms with Crippen LogP contribution in [0.15, 0.2) is 54.6 Å². The van der Waals surface area contributed by atoms with Gasteiger partial charge in [0.25, 0.3) is 5.91 Å². The molecule has 0 aromatic heterocycles. The van der Waals surface area contributed by atoms with Gasteiger partial charge in [0, 0.05) is 5.69 Å². The third-order valence-corrected chi connectivity index (χ3v) is 6.65. The minimum Gasteiger partial charge on any atom is -0.452 e. The molecule has 1 saturated heterocycles. The number of hydrogen-bond donors (Lipinski definition) is 1. The summed E-state index contributed by atoms with van der Waals surface area (Å²) in [6, 6.07) is 11.9. The number of rotatable bonds is 5. The maximum absolute atomic E-state index is 13.0. The molecule has 0 radical (unpaired) electrons. The van der Waals surface area contributed by atoms with Gasteiger partial charge in [0.1, 0.15) is 0 Å². The maximum atomic E-state index is 13.0. The van der Waals surface area contributed by atoms with Crippen molar-refractivity contribution < 1.29 is 23.9 Å². The zero-order chi connectivity index (χ0) is 23.3. The highest BCUT2D eigenvalue weighted by molar-refractivity contribution is 6.23. The first-order valence-corrected chi connectivity index (χ1v) is 11.0. The van der Waals surface area contributed by atoms with E-state index in [1.54, 1.807) is 12.1 Å². The van der Waals surface area contributed by atoms with Crippen molar-refractivity contribution in [1.82, 2.24) is 0 Å². The smallest absolute Gasteiger partial charge is 0.338 e. The quantitative estimate of drug-likeness (QED) is 0.433. The molecule has 4 atom stereocenters. The third-order valence-electron chi connectivity index (χ3n) is 6.65. The first-order valence-electron chi connectivity index (χ1n) is 11.0. The molecule has 2 bridgehead atoms. The second-order valence-electron chi connectivity index (χ2n) is 9.06. The Morgan fingerprint density at radius 3 is 2.24 bits per heavy atom. The van der Waals surface area contributed by atoms with Gasteiger partial charge in [-0.15, -0.1) is 0 Å². The summed E-state index contributed by atoms with van der Waals surface area (Å²) in [7, 11) is 0. The van der Waals surface area contributed by atoms with Crippen LogP contribution in [-0.4, -0.2) is 30.3 Å². The number of imide groups is 1. The summed E-state index contributed by atoms with van der Waals surface area (Å²) in [5.74, 6) is -1.95. The summed E-state index contributed by atoms with van der Waals surface area (Å²) in [4.78, 5) is 52.0. The number of carbonyl (C=O) groups is 4. The van der Waals surface area contributed by atoms with Crippen LogP contribution in [-0.2, 0) is 19.1 Å². The molecular weight excluding hydrogens is 420 g/mol. The van der Waals surface area contributed by atoms with Gasteiger partial charge in [0.15, 0.2) is 6.61 Å². The molecule has 5 rings (SSSR count). The number of fused-ring (bicyclic) bond motifs is 5. The van der Waals surface area contributed by atoms with Crippen molar-refractivity contribution >= 4 is 35.1 Å². The molecule has 2 aliphatic carbocycles. The van der Waals surface area contributed by atoms with E-state index in [4.69, 9.17) is 4.74 Å². The fourth-order valence-electron chi connectivity index (χ4n) is 5.39. The molecule has 1 saturated carbocycles. The zero-order valence-electron chi connectivity index (χ0n) is 18.4. The molecule has 168 valence electrons. The molecule has 0 unspecified atom stereocenters. The van der Waals surface area contributed by atoms with E-state index < -0.39 is 18.5 Å². The standard InChI is InChI=1S/C26H24N2O5/c1-14-8-15(2)10-19(9-14)27-21(29)13-33-26(32)18-4-3-5-20(12-18)28-24(30)22-16-6-7-17(11-16)23(22)25(28)31/h3-10,12,16-17,22-23H,11,13H2,1-2H3,(H,27,29)/t16-,17-,22+,23+/m0/s1. The van der Waals surface area contributed by atoms with E-state index in [1.807, 2.05) is 44.2 Å². The average Bonchev–Trinajstić information content (AvgIpc) is 3.45. The Kier molecular flexibility index (Phi) is 5.12. The van der Waals surface area contributed by atoms with Crippen LogP contribution >= 0.6 is 0 Å². The Labute approximate surface area is 191 Å². The predicted molar refractivity (Wildman–Crippen MR) is 121 cm³/mol. The van der Waals surface area contributed by atoms with Crippen LogP contribution in [0.25, 0.3) is 0 Å². The Balaban J connectivity index is 1.25. The van der Waals surface area contributed by atoms with Crippen molar-refractivity contribution in [3.05, 3.63) is 71.3 Å². The Bertz CT molecular complexity index is 1170. The van der Waals surface area contributed by atoms with E-state index in [1.165, 1.54) is 17.0 Å². The van der Waals surface area contributed by atoms with Gasteiger partial charge >= 0.3 is 5.97 Å². The highest BCUT2D eigenvalue weighted by atomic mass is 16.5. The normalized spacial score (nSPS) is 24.8. The lowest BCUT2D eigenvalue weighted by Crippen LogP contribution is -2.33. The molecule has 2 fully saturated rings. The van der Waals surface area contributed by atoms with Crippen molar-refractivity contribution in [1.29, 1.82) is 0 Å². The number of ether oxygens (including phenoxy) is 1. The van der Waals surface area contributed by atoms with E-state index in [2.05, 4.69) is 5.32 Å². The number of benzene rings is 2. The average molecular weight is 444 g/mol. The number of carbonyl (C=O) groups excluding carboxylic acids is 4. The minimum absolute atomic E-state index is 0.116. The van der Waals surface area contributed by atoms with Gasteiger partial charge in [-0.3, -0.25) is 14.4 Å². The summed E-state index contributed by atoms with van der Waals surface area (Å²) in [5, 5.41) is 2.72. The molecule has 3 amide bonds. The predicted octanol–water partition coefficient (Wildman–Crippen LogP) is 3.41. The first kappa shape index (κ1) is 21.1. The monoisotopic (exact) mass is 444 g/mol. The van der Waals surface area contributed by atoms with Gasteiger partial charge in [0.05, 0.1) is 23.1 Å². The Hall–Kier alpha value is -3.74. The van der Waals surface area contributed by atoms with E-state index >= 15 is 0 Å². The first-order chi connectivity index (χ1) is 15.8. The van der Waals surface area contributed by atoms with Crippen LogP contribution in [0.2, 0.25) is 0 Å². The van der Waals surface area contributed by atoms with Crippen LogP contribution in [0, 0.1) is 37.5 Å². The molecule has 2 aromatic rings. The fourth-order valence-corrected chi connectivity index (χ4v) is 5.39. The van der Waals surface area contributed by atoms with Crippen molar-refractivity contribution in [2.45, 2.75) is 20.3 Å². The number of nitrogens with zero attached hydrogens (tertiary/aromatic N) is 1. The number of anilines is 2. The SMILES string of the molecule is Cc1cc(C)cc(NC(=O)COC(=O)c2cccc(N3C(=O)[C@H]4[C@H](C3=O)[C@H]3C=C[C@H]4C3)c2)c1. The van der Waals surface area contributed by atoms with Crippen molar-refractivity contribution in [2.75, 3.05) is 16.8 Å². The molecule has 1 heterocycles. The van der Waals surface area contributed by atoms with Crippen LogP contribution < -0.4 is 10.2 Å². The molecule has 33 heavy (non-hydrogen) atoms. The molecule has 7 nitrogen and oxygen atoms in total. The molecule has 7 heteroatoms. The number of hydrogen-bond acceptors (Lipinski definition) is 5. The summed E-state index contributed by atoms with van der Waals surface area (Å²) in [6.45, 7) is 3.41. The van der Waals surface area contributed by atoms with Crippen molar-refractivity contribution in [2.24, 2.45) is 23.7 Å². The number of esters is 1. The van der Waals surface area contributed by atoms with Crippen molar-refractivity contribution in [3.8, 4) is 0 Å². The second-order valence-corrected chi connectivity index (χ2v) is 9.06. The van der Waals surface area contributed by atoms with Gasteiger partial charge in [0.2, 0.25) is 11.8 Å². The van der Waals surface area contributed by atoms with Crippen LogP contribution in [0.5, 0.6) is 0 Å². The van der Waals surface area contributed by atoms with Crippen molar-refractivity contribution in [3.63, 3.8) is 0 Å². The Morgan fingerprint density at radius 2 is 1.61 bits per heavy atom. The largest absolute Gasteiger partial charge is 0.452 e. The zero-order valence-corrected chi connectivity index (χ0v) is 18.4. The van der Waals surface area contributed by atoms with E-state index in [-0.39, 0.29) is 41.0 Å². The van der Waals surface area contributed by atoms with Crippen LogP contribution in [0.1, 0.15) is 27.9 Å². The molecule has 0 spiro atoms. The van der Waals surface area contributed by atoms with Gasteiger partial charge in [-0.25, -0.2) is 9.69 Å². The van der Waals surface area contributed by atoms with Crippen LogP contribution in [0.4, 0.5) is 11.4 Å². The van der Waals surface area contributed by atoms with Gasteiger partial charge < -0.3 is 10.1 Å².